The van der Waals surface area contributed by atoms with Crippen molar-refractivity contribution >= 4 is 11.7 Å². The van der Waals surface area contributed by atoms with Gasteiger partial charge in [-0.1, -0.05) is 43.3 Å². The van der Waals surface area contributed by atoms with Crippen LogP contribution in [0.4, 0.5) is 0 Å². The quantitative estimate of drug-likeness (QED) is 0.532. The number of ketones is 1. The van der Waals surface area contributed by atoms with Crippen molar-refractivity contribution in [2.24, 2.45) is 0 Å². The van der Waals surface area contributed by atoms with Gasteiger partial charge in [-0.15, -0.1) is 0 Å². The Morgan fingerprint density at radius 3 is 2.56 bits per heavy atom. The van der Waals surface area contributed by atoms with Gasteiger partial charge in [0.1, 0.15) is 5.76 Å². The molecule has 180 valence electrons. The molecule has 34 heavy (non-hydrogen) atoms. The molecular formula is C26H31N3O5. The fourth-order valence-electron chi connectivity index (χ4n) is 4.71. The number of nitrogens with zero attached hydrogens (tertiary/aromatic N) is 3. The molecule has 0 bridgehead atoms. The van der Waals surface area contributed by atoms with Gasteiger partial charge < -0.3 is 18.9 Å². The first-order chi connectivity index (χ1) is 16.3. The predicted molar refractivity (Wildman–Crippen MR) is 125 cm³/mol. The third kappa shape index (κ3) is 4.82. The Labute approximate surface area is 199 Å². The molecule has 1 amide bonds. The number of rotatable bonds is 8. The Morgan fingerprint density at radius 1 is 1.24 bits per heavy atom. The summed E-state index contributed by atoms with van der Waals surface area (Å²) in [7, 11) is 0. The van der Waals surface area contributed by atoms with Gasteiger partial charge in [-0.25, -0.2) is 4.98 Å². The van der Waals surface area contributed by atoms with E-state index in [0.29, 0.717) is 17.9 Å². The first kappa shape index (κ1) is 23.9. The van der Waals surface area contributed by atoms with Gasteiger partial charge in [0.15, 0.2) is 17.9 Å². The van der Waals surface area contributed by atoms with Crippen LogP contribution in [0.3, 0.4) is 0 Å². The molecule has 0 radical (unpaired) electrons. The number of Topliss-reactive ketones (excluding diaryl/α,β-unsaturated/α-hetero) is 1. The molecule has 0 saturated carbocycles. The van der Waals surface area contributed by atoms with Crippen LogP contribution in [0, 0.1) is 13.8 Å². The first-order valence-corrected chi connectivity index (χ1v) is 11.7. The number of carbonyl (C=O) groups is 2. The van der Waals surface area contributed by atoms with Gasteiger partial charge in [0.25, 0.3) is 0 Å². The van der Waals surface area contributed by atoms with Gasteiger partial charge in [0, 0.05) is 31.0 Å². The molecule has 1 aliphatic rings. The van der Waals surface area contributed by atoms with Crippen molar-refractivity contribution in [3.8, 4) is 11.3 Å². The summed E-state index contributed by atoms with van der Waals surface area (Å²) in [5, 5.41) is 14.2. The molecule has 3 aromatic rings. The fourth-order valence-corrected chi connectivity index (χ4v) is 4.71. The number of carbonyl (C=O) groups excluding carboxylic acids is 2. The number of aliphatic hydroxyl groups is 1. The zero-order chi connectivity index (χ0) is 24.4. The van der Waals surface area contributed by atoms with Gasteiger partial charge in [0.05, 0.1) is 29.5 Å². The largest absolute Gasteiger partial charge is 0.443 e. The third-order valence-electron chi connectivity index (χ3n) is 6.62. The van der Waals surface area contributed by atoms with E-state index in [1.165, 1.54) is 11.3 Å². The van der Waals surface area contributed by atoms with Crippen molar-refractivity contribution in [3.05, 3.63) is 59.4 Å². The van der Waals surface area contributed by atoms with Crippen LogP contribution in [0.5, 0.6) is 0 Å². The summed E-state index contributed by atoms with van der Waals surface area (Å²) in [5.74, 6) is 0.422. The number of hydrogen-bond donors (Lipinski definition) is 1. The van der Waals surface area contributed by atoms with E-state index in [1.807, 2.05) is 45.0 Å². The molecule has 0 unspecified atom stereocenters. The second-order valence-corrected chi connectivity index (χ2v) is 9.19. The monoisotopic (exact) mass is 465 g/mol. The standard InChI is InChI=1S/C26H31N3O5/c1-5-21(24-11-16(3)28-34-24)26(32)29-13-20(30)12-22(29)23(31)10-15(2)18-6-8-19(9-7-18)25-17(4)27-14-33-25/h6-9,11,14-15,20-22,30H,5,10,12-13H2,1-4H3/t15-,20-,21-,22+/m1/s1. The van der Waals surface area contributed by atoms with Crippen LogP contribution in [0.15, 0.2) is 45.7 Å². The minimum atomic E-state index is -0.716. The molecular weight excluding hydrogens is 434 g/mol. The molecule has 2 aromatic heterocycles. The minimum Gasteiger partial charge on any atom is -0.443 e. The van der Waals surface area contributed by atoms with E-state index in [1.54, 1.807) is 13.0 Å². The fraction of sp³-hybridized carbons (Fsp3) is 0.462. The number of benzene rings is 1. The van der Waals surface area contributed by atoms with Gasteiger partial charge >= 0.3 is 0 Å². The van der Waals surface area contributed by atoms with Crippen LogP contribution in [0.1, 0.15) is 67.7 Å². The highest BCUT2D eigenvalue weighted by Crippen LogP contribution is 2.31. The second kappa shape index (κ2) is 9.93. The minimum absolute atomic E-state index is 0.0361. The summed E-state index contributed by atoms with van der Waals surface area (Å²) in [6.45, 7) is 7.74. The van der Waals surface area contributed by atoms with E-state index < -0.39 is 18.1 Å². The summed E-state index contributed by atoms with van der Waals surface area (Å²) in [6.07, 6.45) is 1.77. The zero-order valence-electron chi connectivity index (χ0n) is 20.0. The molecule has 8 heteroatoms. The third-order valence-corrected chi connectivity index (χ3v) is 6.62. The maximum atomic E-state index is 13.3. The number of aromatic nitrogens is 2. The predicted octanol–water partition coefficient (Wildman–Crippen LogP) is 4.16. The van der Waals surface area contributed by atoms with Crippen molar-refractivity contribution in [1.82, 2.24) is 15.0 Å². The summed E-state index contributed by atoms with van der Waals surface area (Å²) in [6, 6.07) is 9.01. The molecule has 4 atom stereocenters. The maximum Gasteiger partial charge on any atom is 0.234 e. The Balaban J connectivity index is 1.45. The average molecular weight is 466 g/mol. The molecule has 0 aliphatic carbocycles. The lowest BCUT2D eigenvalue weighted by Crippen LogP contribution is -2.43. The van der Waals surface area contributed by atoms with Crippen LogP contribution < -0.4 is 0 Å². The van der Waals surface area contributed by atoms with E-state index in [9.17, 15) is 14.7 Å². The Bertz CT molecular complexity index is 1150. The molecule has 3 heterocycles. The van der Waals surface area contributed by atoms with Crippen molar-refractivity contribution in [1.29, 1.82) is 0 Å². The lowest BCUT2D eigenvalue weighted by Gasteiger charge is -2.27. The highest BCUT2D eigenvalue weighted by atomic mass is 16.5. The summed E-state index contributed by atoms with van der Waals surface area (Å²) in [4.78, 5) is 32.3. The van der Waals surface area contributed by atoms with Crippen molar-refractivity contribution in [2.45, 2.75) is 70.9 Å². The first-order valence-electron chi connectivity index (χ1n) is 11.7. The molecule has 1 aromatic carbocycles. The summed E-state index contributed by atoms with van der Waals surface area (Å²) in [5.41, 5.74) is 3.48. The molecule has 0 spiro atoms. The highest BCUT2D eigenvalue weighted by molar-refractivity contribution is 5.92. The molecule has 4 rings (SSSR count). The number of amides is 1. The maximum absolute atomic E-state index is 13.3. The SMILES string of the molecule is CC[C@@H](C(=O)N1C[C@H](O)C[C@H]1C(=O)C[C@@H](C)c1ccc(-c2ocnc2C)cc1)c1cc(C)no1. The van der Waals surface area contributed by atoms with E-state index in [2.05, 4.69) is 10.1 Å². The van der Waals surface area contributed by atoms with E-state index in [4.69, 9.17) is 8.94 Å². The van der Waals surface area contributed by atoms with Crippen LogP contribution in [-0.4, -0.2) is 50.5 Å². The Morgan fingerprint density at radius 2 is 1.97 bits per heavy atom. The lowest BCUT2D eigenvalue weighted by molar-refractivity contribution is -0.139. The normalized spacial score (nSPS) is 19.9. The number of hydrogen-bond acceptors (Lipinski definition) is 7. The number of aliphatic hydroxyl groups excluding tert-OH is 1. The number of aryl methyl sites for hydroxylation is 2. The summed E-state index contributed by atoms with van der Waals surface area (Å²) >= 11 is 0. The molecule has 1 saturated heterocycles. The number of oxazole rings is 1. The Kier molecular flexibility index (Phi) is 6.97. The van der Waals surface area contributed by atoms with E-state index >= 15 is 0 Å². The number of β-amino-alcohol motifs (C(OH)–C–C–N with tert-alkyl or cyclic N) is 1. The average Bonchev–Trinajstić information content (AvgIpc) is 3.54. The van der Waals surface area contributed by atoms with Crippen LogP contribution in [0.25, 0.3) is 11.3 Å². The molecule has 1 N–H and O–H groups in total. The van der Waals surface area contributed by atoms with Crippen LogP contribution >= 0.6 is 0 Å². The molecule has 1 aliphatic heterocycles. The molecule has 8 nitrogen and oxygen atoms in total. The zero-order valence-corrected chi connectivity index (χ0v) is 20.0. The number of likely N-dealkylation sites (tertiary alicyclic amines) is 1. The van der Waals surface area contributed by atoms with Gasteiger partial charge in [-0.3, -0.25) is 9.59 Å². The topological polar surface area (TPSA) is 110 Å². The second-order valence-electron chi connectivity index (χ2n) is 9.19. The summed E-state index contributed by atoms with van der Waals surface area (Å²) < 4.78 is 10.8. The van der Waals surface area contributed by atoms with Gasteiger partial charge in [0.2, 0.25) is 5.91 Å². The van der Waals surface area contributed by atoms with Gasteiger partial charge in [-0.05, 0) is 31.7 Å². The Hall–Kier alpha value is -3.26. The van der Waals surface area contributed by atoms with Crippen LogP contribution in [0.2, 0.25) is 0 Å². The highest BCUT2D eigenvalue weighted by Gasteiger charge is 2.41. The van der Waals surface area contributed by atoms with E-state index in [0.717, 1.165) is 22.6 Å². The van der Waals surface area contributed by atoms with Crippen LogP contribution in [-0.2, 0) is 9.59 Å². The molecule has 1 fully saturated rings. The van der Waals surface area contributed by atoms with Crippen molar-refractivity contribution in [3.63, 3.8) is 0 Å². The van der Waals surface area contributed by atoms with Crippen molar-refractivity contribution in [2.75, 3.05) is 6.54 Å². The lowest BCUT2D eigenvalue weighted by atomic mass is 9.91. The van der Waals surface area contributed by atoms with Crippen molar-refractivity contribution < 1.29 is 23.6 Å². The van der Waals surface area contributed by atoms with Gasteiger partial charge in [-0.2, -0.15) is 0 Å². The smallest absolute Gasteiger partial charge is 0.234 e. The van der Waals surface area contributed by atoms with E-state index in [-0.39, 0.29) is 37.0 Å².